The minimum Gasteiger partial charge on any atom is -0.399 e. The Hall–Kier alpha value is -3.46. The van der Waals surface area contributed by atoms with Crippen LogP contribution in [0.2, 0.25) is 0 Å². The van der Waals surface area contributed by atoms with Crippen molar-refractivity contribution in [3.63, 3.8) is 0 Å². The molecule has 0 aliphatic heterocycles. The first kappa shape index (κ1) is 27.6. The zero-order valence-electron chi connectivity index (χ0n) is 18.8. The topological polar surface area (TPSA) is 72.3 Å². The molecule has 1 N–H and O–H groups in total. The van der Waals surface area contributed by atoms with Crippen molar-refractivity contribution in [2.24, 2.45) is 0 Å². The molecule has 4 aromatic rings. The van der Waals surface area contributed by atoms with Gasteiger partial charge in [-0.05, 0) is 24.3 Å². The van der Waals surface area contributed by atoms with Gasteiger partial charge in [-0.2, -0.15) is 39.5 Å². The zero-order valence-corrected chi connectivity index (χ0v) is 19.6. The van der Waals surface area contributed by atoms with Crippen LogP contribution in [0.1, 0.15) is 0 Å². The van der Waals surface area contributed by atoms with Gasteiger partial charge in [0.05, 0.1) is 23.0 Å². The van der Waals surface area contributed by atoms with Gasteiger partial charge in [0.15, 0.2) is 9.63 Å². The Morgan fingerprint density at radius 2 is 1.39 bits per heavy atom. The molecule has 15 heteroatoms. The minimum atomic E-state index is -7.73. The van der Waals surface area contributed by atoms with Crippen LogP contribution >= 0.6 is 0 Å². The van der Waals surface area contributed by atoms with Gasteiger partial charge in [-0.15, -0.1) is 0 Å². The van der Waals surface area contributed by atoms with E-state index in [1.165, 1.54) is 18.3 Å². The van der Waals surface area contributed by atoms with Crippen molar-refractivity contribution >= 4 is 31.4 Å². The number of alkyl halides is 9. The number of aromatic nitrogens is 2. The van der Waals surface area contributed by atoms with Crippen molar-refractivity contribution in [3.8, 4) is 17.0 Å². The summed E-state index contributed by atoms with van der Waals surface area (Å²) < 4.78 is 147. The highest BCUT2D eigenvalue weighted by Crippen LogP contribution is 2.59. The molecule has 0 spiro atoms. The lowest BCUT2D eigenvalue weighted by Gasteiger charge is -2.44. The van der Waals surface area contributed by atoms with Crippen LogP contribution in [-0.4, -0.2) is 48.3 Å². The predicted molar refractivity (Wildman–Crippen MR) is 121 cm³/mol. The summed E-state index contributed by atoms with van der Waals surface area (Å²) in [5.74, 6) is -15.7. The van der Waals surface area contributed by atoms with Gasteiger partial charge in [-0.25, -0.2) is 9.19 Å². The maximum atomic E-state index is 14.4. The fourth-order valence-electron chi connectivity index (χ4n) is 3.52. The molecule has 2 aromatic heterocycles. The first-order chi connectivity index (χ1) is 17.3. The highest BCUT2D eigenvalue weighted by molar-refractivity contribution is 8.11. The number of hydrogen-bond donors (Lipinski definition) is 1. The largest absolute Gasteiger partial charge is 0.460 e. The number of nitrogens with zero attached hydrogens (tertiary/aromatic N) is 2. The second kappa shape index (κ2) is 8.27. The van der Waals surface area contributed by atoms with Crippen molar-refractivity contribution in [2.45, 2.75) is 23.3 Å². The fourth-order valence-corrected chi connectivity index (χ4v) is 4.89. The van der Waals surface area contributed by atoms with E-state index in [1.54, 1.807) is 30.3 Å². The Morgan fingerprint density at radius 1 is 0.789 bits per heavy atom. The summed E-state index contributed by atoms with van der Waals surface area (Å²) in [5.41, 5.74) is 1.08. The van der Waals surface area contributed by atoms with Crippen molar-refractivity contribution in [1.29, 1.82) is 0 Å². The first-order valence-corrected chi connectivity index (χ1v) is 12.6. The van der Waals surface area contributed by atoms with Crippen molar-refractivity contribution in [1.82, 2.24) is 9.97 Å². The van der Waals surface area contributed by atoms with Crippen LogP contribution in [0.25, 0.3) is 33.1 Å². The van der Waals surface area contributed by atoms with E-state index < -0.39 is 44.9 Å². The number of hydrogen-bond acceptors (Lipinski definition) is 4. The number of benzene rings is 2. The highest BCUT2D eigenvalue weighted by atomic mass is 32.3. The molecule has 0 radical (unpaired) electrons. The molecule has 0 atom stereocenters. The van der Waals surface area contributed by atoms with Crippen LogP contribution < -0.4 is 4.18 Å². The van der Waals surface area contributed by atoms with Crippen LogP contribution in [0, 0.1) is 0 Å². The van der Waals surface area contributed by atoms with Crippen LogP contribution in [-0.2, 0) is 9.63 Å². The van der Waals surface area contributed by atoms with E-state index in [1.807, 2.05) is 0 Å². The molecule has 0 aliphatic rings. The van der Waals surface area contributed by atoms with Crippen LogP contribution in [0.5, 0.6) is 5.75 Å². The molecule has 0 fully saturated rings. The second-order valence-corrected chi connectivity index (χ2v) is 11.4. The highest BCUT2D eigenvalue weighted by Gasteiger charge is 2.87. The molecule has 4 rings (SSSR count). The van der Waals surface area contributed by atoms with Crippen molar-refractivity contribution in [3.05, 3.63) is 66.9 Å². The molecule has 0 saturated carbocycles. The quantitative estimate of drug-likeness (QED) is 0.198. The van der Waals surface area contributed by atoms with Gasteiger partial charge in [0.25, 0.3) is 0 Å². The molecular formula is C23H15F9N2O3S. The summed E-state index contributed by atoms with van der Waals surface area (Å²) in [6.45, 7) is 0. The molecule has 204 valence electrons. The van der Waals surface area contributed by atoms with Crippen LogP contribution in [0.3, 0.4) is 0 Å². The summed E-state index contributed by atoms with van der Waals surface area (Å²) in [7, 11) is -7.73. The molecule has 2 aromatic carbocycles. The summed E-state index contributed by atoms with van der Waals surface area (Å²) in [4.78, 5) is 8.69. The maximum absolute atomic E-state index is 14.4. The Labute approximate surface area is 207 Å². The van der Waals surface area contributed by atoms with Crippen molar-refractivity contribution in [2.75, 3.05) is 6.26 Å². The average Bonchev–Trinajstić information content (AvgIpc) is 2.82. The smallest absolute Gasteiger partial charge is 0.399 e. The number of halogens is 9. The molecule has 5 nitrogen and oxygen atoms in total. The summed E-state index contributed by atoms with van der Waals surface area (Å²) in [5, 5.41) is -5.51. The normalized spacial score (nSPS) is 14.9. The molecule has 0 aliphatic carbocycles. The van der Waals surface area contributed by atoms with Gasteiger partial charge in [0.1, 0.15) is 5.75 Å². The van der Waals surface area contributed by atoms with Gasteiger partial charge < -0.3 is 4.18 Å². The second-order valence-electron chi connectivity index (χ2n) is 8.38. The van der Waals surface area contributed by atoms with E-state index in [2.05, 4.69) is 14.2 Å². The standard InChI is InChI=1S/C23H15F9N2O3S/c1-38(35,36,23(31,32)21(26,27)20(24,25)22(28,29)30)37-16-6-2-4-15(12-16)17-10-9-14-8-7-13-5-3-11-33-18(13)19(14)34-17/h2-12H,1H3,(H,35,36). The van der Waals surface area contributed by atoms with Gasteiger partial charge >= 0.3 is 23.3 Å². The Balaban J connectivity index is 1.76. The number of fused-ring (bicyclic) bond motifs is 3. The predicted octanol–water partition coefficient (Wildman–Crippen LogP) is 7.09. The Morgan fingerprint density at radius 3 is 2.03 bits per heavy atom. The van der Waals surface area contributed by atoms with E-state index in [4.69, 9.17) is 0 Å². The molecule has 0 bridgehead atoms. The first-order valence-electron chi connectivity index (χ1n) is 10.3. The maximum Gasteiger partial charge on any atom is 0.460 e. The molecular weight excluding hydrogens is 555 g/mol. The van der Waals surface area contributed by atoms with Gasteiger partial charge in [0, 0.05) is 22.5 Å². The van der Waals surface area contributed by atoms with E-state index in [0.717, 1.165) is 23.6 Å². The summed E-state index contributed by atoms with van der Waals surface area (Å²) >= 11 is 0. The molecule has 0 amide bonds. The third-order valence-electron chi connectivity index (χ3n) is 5.55. The van der Waals surface area contributed by atoms with Gasteiger partial charge in [0.2, 0.25) is 0 Å². The number of pyridine rings is 2. The number of rotatable bonds is 6. The summed E-state index contributed by atoms with van der Waals surface area (Å²) in [6, 6.07) is 14.0. The van der Waals surface area contributed by atoms with E-state index in [-0.39, 0.29) is 11.3 Å². The van der Waals surface area contributed by atoms with E-state index in [9.17, 15) is 48.3 Å². The minimum absolute atomic E-state index is 0.0381. The third kappa shape index (κ3) is 4.13. The summed E-state index contributed by atoms with van der Waals surface area (Å²) in [6.07, 6.45) is -6.23. The lowest BCUT2D eigenvalue weighted by atomic mass is 10.1. The van der Waals surface area contributed by atoms with Crippen LogP contribution in [0.15, 0.2) is 66.9 Å². The van der Waals surface area contributed by atoms with Gasteiger partial charge in [-0.3, -0.25) is 9.54 Å². The monoisotopic (exact) mass is 570 g/mol. The lowest BCUT2D eigenvalue weighted by Crippen LogP contribution is -2.70. The van der Waals surface area contributed by atoms with Crippen molar-refractivity contribution < 1.29 is 52.5 Å². The van der Waals surface area contributed by atoms with Gasteiger partial charge in [-0.1, -0.05) is 36.4 Å². The fraction of sp³-hybridized carbons (Fsp3) is 0.217. The SMILES string of the molecule is CS(=O)(O)(Oc1cccc(-c2ccc3ccc4cccnc4c3n2)c1)C(F)(F)C(F)(F)C(F)(F)C(F)(F)F. The molecule has 2 heterocycles. The molecule has 38 heavy (non-hydrogen) atoms. The zero-order chi connectivity index (χ0) is 28.4. The average molecular weight is 570 g/mol. The molecule has 0 saturated heterocycles. The third-order valence-corrected chi connectivity index (χ3v) is 7.55. The molecule has 0 unspecified atom stereocenters. The van der Waals surface area contributed by atoms with E-state index >= 15 is 0 Å². The van der Waals surface area contributed by atoms with E-state index in [0.29, 0.717) is 16.4 Å². The van der Waals surface area contributed by atoms with Crippen LogP contribution in [0.4, 0.5) is 39.5 Å². The lowest BCUT2D eigenvalue weighted by molar-refractivity contribution is -0.383. The Bertz CT molecular complexity index is 1620. The Kier molecular flexibility index (Phi) is 6.00.